The highest BCUT2D eigenvalue weighted by Gasteiger charge is 2.20. The molecule has 0 saturated carbocycles. The van der Waals surface area contributed by atoms with Gasteiger partial charge in [-0.25, -0.2) is 0 Å². The minimum atomic E-state index is -0.0967. The fourth-order valence-electron chi connectivity index (χ4n) is 1.99. The zero-order chi connectivity index (χ0) is 13.1. The molecule has 18 heavy (non-hydrogen) atoms. The van der Waals surface area contributed by atoms with Gasteiger partial charge in [-0.3, -0.25) is 9.59 Å². The van der Waals surface area contributed by atoms with E-state index in [2.05, 4.69) is 26.6 Å². The van der Waals surface area contributed by atoms with Crippen molar-refractivity contribution >= 4 is 27.7 Å². The highest BCUT2D eigenvalue weighted by Crippen LogP contribution is 2.15. The summed E-state index contributed by atoms with van der Waals surface area (Å²) in [5, 5.41) is 5.68. The minimum Gasteiger partial charge on any atom is -0.354 e. The number of rotatable bonds is 2. The highest BCUT2D eigenvalue weighted by atomic mass is 79.9. The number of hydrogen-bond donors (Lipinski definition) is 2. The zero-order valence-corrected chi connectivity index (χ0v) is 11.7. The SMILES string of the molecule is Cc1cc(Br)cc(C(=O)N[C@H]2CCC(=O)NC2)c1. The second-order valence-electron chi connectivity index (χ2n) is 4.53. The molecule has 1 heterocycles. The van der Waals surface area contributed by atoms with Crippen molar-refractivity contribution in [2.45, 2.75) is 25.8 Å². The van der Waals surface area contributed by atoms with Crippen LogP contribution in [0, 0.1) is 6.92 Å². The van der Waals surface area contributed by atoms with Gasteiger partial charge in [0, 0.05) is 29.0 Å². The molecule has 4 nitrogen and oxygen atoms in total. The molecule has 0 radical (unpaired) electrons. The van der Waals surface area contributed by atoms with Crippen LogP contribution in [0.2, 0.25) is 0 Å². The zero-order valence-electron chi connectivity index (χ0n) is 10.1. The van der Waals surface area contributed by atoms with Crippen LogP contribution in [-0.4, -0.2) is 24.4 Å². The van der Waals surface area contributed by atoms with E-state index in [1.807, 2.05) is 19.1 Å². The van der Waals surface area contributed by atoms with E-state index in [-0.39, 0.29) is 17.9 Å². The van der Waals surface area contributed by atoms with Crippen molar-refractivity contribution in [1.82, 2.24) is 10.6 Å². The Morgan fingerprint density at radius 2 is 2.22 bits per heavy atom. The molecular weight excluding hydrogens is 296 g/mol. The number of hydrogen-bond acceptors (Lipinski definition) is 2. The van der Waals surface area contributed by atoms with Gasteiger partial charge in [-0.1, -0.05) is 15.9 Å². The number of benzene rings is 1. The molecule has 1 saturated heterocycles. The van der Waals surface area contributed by atoms with Crippen LogP contribution in [0.15, 0.2) is 22.7 Å². The van der Waals surface area contributed by atoms with Crippen molar-refractivity contribution in [2.75, 3.05) is 6.54 Å². The first-order chi connectivity index (χ1) is 8.54. The molecule has 1 aromatic carbocycles. The summed E-state index contributed by atoms with van der Waals surface area (Å²) in [5.74, 6) is -0.0423. The van der Waals surface area contributed by atoms with E-state index < -0.39 is 0 Å². The summed E-state index contributed by atoms with van der Waals surface area (Å²) in [5.41, 5.74) is 1.67. The van der Waals surface area contributed by atoms with Crippen molar-refractivity contribution in [3.63, 3.8) is 0 Å². The second-order valence-corrected chi connectivity index (χ2v) is 5.45. The first kappa shape index (κ1) is 13.1. The van der Waals surface area contributed by atoms with E-state index in [0.29, 0.717) is 24.9 Å². The average Bonchev–Trinajstić information content (AvgIpc) is 2.31. The lowest BCUT2D eigenvalue weighted by atomic mass is 10.1. The van der Waals surface area contributed by atoms with E-state index in [1.165, 1.54) is 0 Å². The Morgan fingerprint density at radius 1 is 1.44 bits per heavy atom. The molecule has 96 valence electrons. The lowest BCUT2D eigenvalue weighted by Gasteiger charge is -2.23. The van der Waals surface area contributed by atoms with E-state index in [4.69, 9.17) is 0 Å². The Bertz CT molecular complexity index is 458. The number of carbonyl (C=O) groups is 2. The summed E-state index contributed by atoms with van der Waals surface area (Å²) in [6, 6.07) is 5.62. The third-order valence-electron chi connectivity index (χ3n) is 2.91. The molecule has 0 unspecified atom stereocenters. The van der Waals surface area contributed by atoms with E-state index in [9.17, 15) is 9.59 Å². The Balaban J connectivity index is 2.01. The summed E-state index contributed by atoms with van der Waals surface area (Å²) in [4.78, 5) is 23.1. The van der Waals surface area contributed by atoms with Gasteiger partial charge in [-0.15, -0.1) is 0 Å². The van der Waals surface area contributed by atoms with Gasteiger partial charge in [-0.05, 0) is 37.1 Å². The van der Waals surface area contributed by atoms with Gasteiger partial charge in [0.2, 0.25) is 5.91 Å². The van der Waals surface area contributed by atoms with E-state index in [1.54, 1.807) is 6.07 Å². The first-order valence-corrected chi connectivity index (χ1v) is 6.68. The molecule has 0 bridgehead atoms. The molecule has 2 rings (SSSR count). The van der Waals surface area contributed by atoms with Crippen LogP contribution in [0.5, 0.6) is 0 Å². The third kappa shape index (κ3) is 3.32. The van der Waals surface area contributed by atoms with Crippen LogP contribution >= 0.6 is 15.9 Å². The maximum atomic E-state index is 12.1. The van der Waals surface area contributed by atoms with Crippen LogP contribution in [0.25, 0.3) is 0 Å². The van der Waals surface area contributed by atoms with Gasteiger partial charge in [0.1, 0.15) is 0 Å². The predicted molar refractivity (Wildman–Crippen MR) is 72.4 cm³/mol. The second kappa shape index (κ2) is 5.52. The fourth-order valence-corrected chi connectivity index (χ4v) is 2.60. The molecule has 5 heteroatoms. The Labute approximate surface area is 114 Å². The quantitative estimate of drug-likeness (QED) is 0.874. The number of halogens is 1. The molecule has 0 spiro atoms. The molecule has 1 aliphatic rings. The van der Waals surface area contributed by atoms with Crippen molar-refractivity contribution < 1.29 is 9.59 Å². The molecule has 1 aliphatic heterocycles. The first-order valence-electron chi connectivity index (χ1n) is 5.89. The standard InChI is InChI=1S/C13H15BrN2O2/c1-8-4-9(6-10(14)5-8)13(18)16-11-2-3-12(17)15-7-11/h4-6,11H,2-3,7H2,1H3,(H,15,17)(H,16,18)/t11-/m0/s1. The topological polar surface area (TPSA) is 58.2 Å². The van der Waals surface area contributed by atoms with Crippen LogP contribution < -0.4 is 10.6 Å². The maximum Gasteiger partial charge on any atom is 0.251 e. The predicted octanol–water partition coefficient (Wildman–Crippen LogP) is 1.77. The highest BCUT2D eigenvalue weighted by molar-refractivity contribution is 9.10. The number of aryl methyl sites for hydroxylation is 1. The van der Waals surface area contributed by atoms with Crippen molar-refractivity contribution in [3.05, 3.63) is 33.8 Å². The average molecular weight is 311 g/mol. The molecule has 1 atom stereocenters. The molecular formula is C13H15BrN2O2. The van der Waals surface area contributed by atoms with Gasteiger partial charge in [-0.2, -0.15) is 0 Å². The molecule has 0 aromatic heterocycles. The molecule has 1 fully saturated rings. The normalized spacial score (nSPS) is 19.2. The summed E-state index contributed by atoms with van der Waals surface area (Å²) in [6.07, 6.45) is 1.17. The van der Waals surface area contributed by atoms with Gasteiger partial charge in [0.05, 0.1) is 0 Å². The Kier molecular flexibility index (Phi) is 4.01. The van der Waals surface area contributed by atoms with Crippen LogP contribution in [0.4, 0.5) is 0 Å². The number of piperidine rings is 1. The fraction of sp³-hybridized carbons (Fsp3) is 0.385. The number of carbonyl (C=O) groups excluding carboxylic acids is 2. The Morgan fingerprint density at radius 3 is 2.83 bits per heavy atom. The van der Waals surface area contributed by atoms with Crippen LogP contribution in [0.1, 0.15) is 28.8 Å². The van der Waals surface area contributed by atoms with Gasteiger partial charge >= 0.3 is 0 Å². The van der Waals surface area contributed by atoms with Crippen molar-refractivity contribution in [3.8, 4) is 0 Å². The molecule has 1 aromatic rings. The monoisotopic (exact) mass is 310 g/mol. The molecule has 2 N–H and O–H groups in total. The summed E-state index contributed by atoms with van der Waals surface area (Å²) in [7, 11) is 0. The van der Waals surface area contributed by atoms with E-state index in [0.717, 1.165) is 10.0 Å². The maximum absolute atomic E-state index is 12.1. The lowest BCUT2D eigenvalue weighted by Crippen LogP contribution is -2.47. The summed E-state index contributed by atoms with van der Waals surface area (Å²) < 4.78 is 0.893. The van der Waals surface area contributed by atoms with Crippen molar-refractivity contribution in [1.29, 1.82) is 0 Å². The van der Waals surface area contributed by atoms with E-state index >= 15 is 0 Å². The molecule has 0 aliphatic carbocycles. The summed E-state index contributed by atoms with van der Waals surface area (Å²) >= 11 is 3.38. The van der Waals surface area contributed by atoms with Crippen molar-refractivity contribution in [2.24, 2.45) is 0 Å². The smallest absolute Gasteiger partial charge is 0.251 e. The van der Waals surface area contributed by atoms with Gasteiger partial charge in [0.25, 0.3) is 5.91 Å². The van der Waals surface area contributed by atoms with Gasteiger partial charge in [0.15, 0.2) is 0 Å². The third-order valence-corrected chi connectivity index (χ3v) is 3.36. The minimum absolute atomic E-state index is 0.0227. The number of nitrogens with one attached hydrogen (secondary N) is 2. The lowest BCUT2D eigenvalue weighted by molar-refractivity contribution is -0.122. The van der Waals surface area contributed by atoms with Crippen LogP contribution in [0.3, 0.4) is 0 Å². The largest absolute Gasteiger partial charge is 0.354 e. The van der Waals surface area contributed by atoms with Crippen LogP contribution in [-0.2, 0) is 4.79 Å². The molecule has 2 amide bonds. The number of amides is 2. The van der Waals surface area contributed by atoms with Gasteiger partial charge < -0.3 is 10.6 Å². The summed E-state index contributed by atoms with van der Waals surface area (Å²) in [6.45, 7) is 2.46. The Hall–Kier alpha value is -1.36.